The molecular weight excluding hydrogens is 372 g/mol. The molecule has 3 heterocycles. The number of aromatic nitrogens is 2. The van der Waals surface area contributed by atoms with E-state index in [9.17, 15) is 4.79 Å². The van der Waals surface area contributed by atoms with Crippen LogP contribution in [-0.4, -0.2) is 47.0 Å². The Balaban J connectivity index is 1.36. The van der Waals surface area contributed by atoms with E-state index in [2.05, 4.69) is 14.9 Å². The van der Waals surface area contributed by atoms with E-state index < -0.39 is 0 Å². The van der Waals surface area contributed by atoms with Crippen LogP contribution in [0.4, 0.5) is 5.82 Å². The van der Waals surface area contributed by atoms with Crippen molar-refractivity contribution in [3.8, 4) is 5.75 Å². The maximum atomic E-state index is 12.9. The zero-order valence-corrected chi connectivity index (χ0v) is 16.6. The first-order valence-electron chi connectivity index (χ1n) is 9.28. The predicted molar refractivity (Wildman–Crippen MR) is 110 cm³/mol. The molecule has 0 atom stereocenters. The quantitative estimate of drug-likeness (QED) is 0.664. The van der Waals surface area contributed by atoms with Crippen LogP contribution in [0.1, 0.15) is 21.1 Å². The van der Waals surface area contributed by atoms with Gasteiger partial charge in [0, 0.05) is 43.3 Å². The lowest BCUT2D eigenvalue weighted by atomic mass is 10.1. The summed E-state index contributed by atoms with van der Waals surface area (Å²) in [4.78, 5) is 25.8. The summed E-state index contributed by atoms with van der Waals surface area (Å²) in [5, 5.41) is 3.01. The third-order valence-corrected chi connectivity index (χ3v) is 5.50. The zero-order valence-electron chi connectivity index (χ0n) is 15.7. The van der Waals surface area contributed by atoms with Crippen LogP contribution in [0.15, 0.2) is 54.0 Å². The molecule has 144 valence electrons. The number of thiazole rings is 1. The van der Waals surface area contributed by atoms with E-state index in [1.54, 1.807) is 17.5 Å². The second-order valence-electron chi connectivity index (χ2n) is 6.64. The molecule has 3 aromatic rings. The summed E-state index contributed by atoms with van der Waals surface area (Å²) < 4.78 is 5.82. The lowest BCUT2D eigenvalue weighted by Gasteiger charge is -2.35. The van der Waals surface area contributed by atoms with Crippen molar-refractivity contribution in [3.05, 3.63) is 70.3 Å². The maximum Gasteiger partial charge on any atom is 0.254 e. The van der Waals surface area contributed by atoms with Crippen molar-refractivity contribution < 1.29 is 9.53 Å². The summed E-state index contributed by atoms with van der Waals surface area (Å²) in [5.41, 5.74) is 1.56. The number of ether oxygens (including phenoxy) is 1. The van der Waals surface area contributed by atoms with Crippen LogP contribution in [0, 0.1) is 6.92 Å². The topological polar surface area (TPSA) is 58.6 Å². The van der Waals surface area contributed by atoms with Crippen LogP contribution in [0.5, 0.6) is 5.75 Å². The van der Waals surface area contributed by atoms with E-state index in [1.165, 1.54) is 0 Å². The number of piperazine rings is 1. The Morgan fingerprint density at radius 1 is 1.14 bits per heavy atom. The van der Waals surface area contributed by atoms with Crippen LogP contribution < -0.4 is 9.64 Å². The first kappa shape index (κ1) is 18.4. The van der Waals surface area contributed by atoms with E-state index in [4.69, 9.17) is 4.74 Å². The molecule has 1 fully saturated rings. The van der Waals surface area contributed by atoms with Gasteiger partial charge in [-0.1, -0.05) is 12.1 Å². The third kappa shape index (κ3) is 4.31. The van der Waals surface area contributed by atoms with Crippen LogP contribution in [0.25, 0.3) is 0 Å². The number of amides is 1. The van der Waals surface area contributed by atoms with E-state index in [0.29, 0.717) is 31.0 Å². The molecule has 0 unspecified atom stereocenters. The number of hydrogen-bond acceptors (Lipinski definition) is 6. The number of rotatable bonds is 5. The summed E-state index contributed by atoms with van der Waals surface area (Å²) in [7, 11) is 0. The van der Waals surface area contributed by atoms with Gasteiger partial charge in [-0.15, -0.1) is 11.3 Å². The van der Waals surface area contributed by atoms with Gasteiger partial charge >= 0.3 is 0 Å². The van der Waals surface area contributed by atoms with Crippen molar-refractivity contribution in [3.63, 3.8) is 0 Å². The lowest BCUT2D eigenvalue weighted by molar-refractivity contribution is 0.0746. The molecule has 4 rings (SSSR count). The molecule has 1 saturated heterocycles. The van der Waals surface area contributed by atoms with Crippen molar-refractivity contribution in [2.45, 2.75) is 13.5 Å². The average Bonchev–Trinajstić information content (AvgIpc) is 3.18. The molecule has 2 aromatic heterocycles. The standard InChI is InChI=1S/C21H22N4O2S/c1-16-23-18(15-28-16)14-27-19-6-4-5-17(13-19)21(26)25-11-9-24(10-12-25)20-7-2-3-8-22-20/h2-8,13,15H,9-12,14H2,1H3. The summed E-state index contributed by atoms with van der Waals surface area (Å²) in [6.07, 6.45) is 1.80. The van der Waals surface area contributed by atoms with Crippen molar-refractivity contribution in [2.24, 2.45) is 0 Å². The van der Waals surface area contributed by atoms with Gasteiger partial charge in [0.2, 0.25) is 0 Å². The van der Waals surface area contributed by atoms with Crippen LogP contribution in [0.3, 0.4) is 0 Å². The summed E-state index contributed by atoms with van der Waals surface area (Å²) >= 11 is 1.60. The Morgan fingerprint density at radius 3 is 2.71 bits per heavy atom. The molecule has 1 aliphatic rings. The van der Waals surface area contributed by atoms with Gasteiger partial charge in [-0.3, -0.25) is 4.79 Å². The van der Waals surface area contributed by atoms with Crippen LogP contribution in [0.2, 0.25) is 0 Å². The van der Waals surface area contributed by atoms with Crippen molar-refractivity contribution in [2.75, 3.05) is 31.1 Å². The molecule has 6 nitrogen and oxygen atoms in total. The highest BCUT2D eigenvalue weighted by Gasteiger charge is 2.23. The summed E-state index contributed by atoms with van der Waals surface area (Å²) in [6, 6.07) is 13.3. The zero-order chi connectivity index (χ0) is 19.3. The number of carbonyl (C=O) groups excluding carboxylic acids is 1. The highest BCUT2D eigenvalue weighted by atomic mass is 32.1. The molecule has 0 saturated carbocycles. The lowest BCUT2D eigenvalue weighted by Crippen LogP contribution is -2.49. The Kier molecular flexibility index (Phi) is 5.53. The Bertz CT molecular complexity index is 936. The van der Waals surface area contributed by atoms with Gasteiger partial charge in [-0.05, 0) is 37.3 Å². The van der Waals surface area contributed by atoms with E-state index in [0.717, 1.165) is 29.6 Å². The van der Waals surface area contributed by atoms with Gasteiger partial charge < -0.3 is 14.5 Å². The van der Waals surface area contributed by atoms with Crippen molar-refractivity contribution in [1.29, 1.82) is 0 Å². The fourth-order valence-electron chi connectivity index (χ4n) is 3.21. The first-order valence-corrected chi connectivity index (χ1v) is 10.2. The van der Waals surface area contributed by atoms with Crippen LogP contribution in [-0.2, 0) is 6.61 Å². The van der Waals surface area contributed by atoms with Crippen LogP contribution >= 0.6 is 11.3 Å². The Labute approximate surface area is 168 Å². The second kappa shape index (κ2) is 8.39. The van der Waals surface area contributed by atoms with Gasteiger partial charge in [0.25, 0.3) is 5.91 Å². The molecule has 7 heteroatoms. The molecule has 0 aliphatic carbocycles. The molecule has 0 bridgehead atoms. The average molecular weight is 395 g/mol. The van der Waals surface area contributed by atoms with Gasteiger partial charge in [0.05, 0.1) is 10.7 Å². The normalized spacial score (nSPS) is 14.2. The number of pyridine rings is 1. The monoisotopic (exact) mass is 394 g/mol. The Morgan fingerprint density at radius 2 is 2.00 bits per heavy atom. The summed E-state index contributed by atoms with van der Waals surface area (Å²) in [5.74, 6) is 1.68. The summed E-state index contributed by atoms with van der Waals surface area (Å²) in [6.45, 7) is 5.30. The van der Waals surface area contributed by atoms with Crippen molar-refractivity contribution >= 4 is 23.1 Å². The molecule has 0 radical (unpaired) electrons. The number of carbonyl (C=O) groups is 1. The third-order valence-electron chi connectivity index (χ3n) is 4.67. The minimum Gasteiger partial charge on any atom is -0.487 e. The molecule has 0 spiro atoms. The SMILES string of the molecule is Cc1nc(COc2cccc(C(=O)N3CCN(c4ccccn4)CC3)c2)cs1. The van der Waals surface area contributed by atoms with Gasteiger partial charge in [-0.2, -0.15) is 0 Å². The smallest absolute Gasteiger partial charge is 0.254 e. The van der Waals surface area contributed by atoms with E-state index >= 15 is 0 Å². The molecule has 0 N–H and O–H groups in total. The Hall–Kier alpha value is -2.93. The minimum atomic E-state index is 0.0376. The maximum absolute atomic E-state index is 12.9. The number of hydrogen-bond donors (Lipinski definition) is 0. The number of aryl methyl sites for hydroxylation is 1. The largest absolute Gasteiger partial charge is 0.487 e. The van der Waals surface area contributed by atoms with Crippen molar-refractivity contribution in [1.82, 2.24) is 14.9 Å². The number of benzene rings is 1. The van der Waals surface area contributed by atoms with Gasteiger partial charge in [-0.25, -0.2) is 9.97 Å². The number of nitrogens with zero attached hydrogens (tertiary/aromatic N) is 4. The number of anilines is 1. The highest BCUT2D eigenvalue weighted by molar-refractivity contribution is 7.09. The molecule has 1 amide bonds. The fourth-order valence-corrected chi connectivity index (χ4v) is 3.81. The molecule has 1 aromatic carbocycles. The first-order chi connectivity index (χ1) is 13.7. The van der Waals surface area contributed by atoms with Gasteiger partial charge in [0.15, 0.2) is 0 Å². The second-order valence-corrected chi connectivity index (χ2v) is 7.70. The molecule has 28 heavy (non-hydrogen) atoms. The van der Waals surface area contributed by atoms with E-state index in [-0.39, 0.29) is 5.91 Å². The molecule has 1 aliphatic heterocycles. The fraction of sp³-hybridized carbons (Fsp3) is 0.286. The van der Waals surface area contributed by atoms with E-state index in [1.807, 2.05) is 59.7 Å². The molecular formula is C21H22N4O2S. The highest BCUT2D eigenvalue weighted by Crippen LogP contribution is 2.19. The minimum absolute atomic E-state index is 0.0376. The predicted octanol–water partition coefficient (Wildman–Crippen LogP) is 3.39. The van der Waals surface area contributed by atoms with Gasteiger partial charge in [0.1, 0.15) is 18.2 Å².